The highest BCUT2D eigenvalue weighted by molar-refractivity contribution is 5.10. The molecular formula is C14H23N3O. The van der Waals surface area contributed by atoms with E-state index in [2.05, 4.69) is 29.1 Å². The van der Waals surface area contributed by atoms with Crippen molar-refractivity contribution in [1.82, 2.24) is 15.3 Å². The van der Waals surface area contributed by atoms with Gasteiger partial charge in [-0.3, -0.25) is 0 Å². The summed E-state index contributed by atoms with van der Waals surface area (Å²) in [6, 6.07) is 2.52. The number of nitrogens with zero attached hydrogens (tertiary/aromatic N) is 2. The van der Waals surface area contributed by atoms with Gasteiger partial charge >= 0.3 is 0 Å². The quantitative estimate of drug-likeness (QED) is 0.867. The molecule has 1 atom stereocenters. The van der Waals surface area contributed by atoms with Gasteiger partial charge in [0, 0.05) is 31.3 Å². The predicted molar refractivity (Wildman–Crippen MR) is 71.4 cm³/mol. The third-order valence-electron chi connectivity index (χ3n) is 3.08. The summed E-state index contributed by atoms with van der Waals surface area (Å²) in [5.41, 5.74) is 2.11. The number of ether oxygens (including phenoxy) is 1. The minimum absolute atomic E-state index is 0.317. The van der Waals surface area contributed by atoms with Crippen molar-refractivity contribution in [1.29, 1.82) is 0 Å². The summed E-state index contributed by atoms with van der Waals surface area (Å²) in [5.74, 6) is 0.919. The summed E-state index contributed by atoms with van der Waals surface area (Å²) < 4.78 is 5.64. The molecule has 1 aromatic heterocycles. The Bertz CT molecular complexity index is 387. The smallest absolute Gasteiger partial charge is 0.131 e. The van der Waals surface area contributed by atoms with Crippen molar-refractivity contribution in [2.24, 2.45) is 0 Å². The van der Waals surface area contributed by atoms with Gasteiger partial charge in [0.1, 0.15) is 5.82 Å². The van der Waals surface area contributed by atoms with Crippen LogP contribution in [-0.2, 0) is 17.7 Å². The van der Waals surface area contributed by atoms with Crippen molar-refractivity contribution < 1.29 is 4.74 Å². The van der Waals surface area contributed by atoms with E-state index in [1.54, 1.807) is 0 Å². The van der Waals surface area contributed by atoms with Crippen LogP contribution in [-0.4, -0.2) is 28.7 Å². The molecule has 1 unspecified atom stereocenters. The van der Waals surface area contributed by atoms with E-state index in [4.69, 9.17) is 4.74 Å². The van der Waals surface area contributed by atoms with Crippen LogP contribution < -0.4 is 5.32 Å². The largest absolute Gasteiger partial charge is 0.378 e. The van der Waals surface area contributed by atoms with E-state index in [1.807, 2.05) is 13.0 Å². The molecule has 0 spiro atoms. The molecule has 0 radical (unpaired) electrons. The number of hydrogen-bond acceptors (Lipinski definition) is 4. The summed E-state index contributed by atoms with van der Waals surface area (Å²) in [5, 5.41) is 3.39. The number of rotatable bonds is 5. The lowest BCUT2D eigenvalue weighted by atomic mass is 10.1. The second-order valence-electron chi connectivity index (χ2n) is 5.29. The van der Waals surface area contributed by atoms with Gasteiger partial charge in [-0.1, -0.05) is 13.8 Å². The maximum absolute atomic E-state index is 5.64. The molecule has 0 saturated carbocycles. The summed E-state index contributed by atoms with van der Waals surface area (Å²) in [6.07, 6.45) is 3.46. The van der Waals surface area contributed by atoms with Gasteiger partial charge in [0.15, 0.2) is 0 Å². The van der Waals surface area contributed by atoms with Gasteiger partial charge in [-0.05, 0) is 25.8 Å². The molecule has 100 valence electrons. The monoisotopic (exact) mass is 249 g/mol. The van der Waals surface area contributed by atoms with E-state index in [0.29, 0.717) is 12.1 Å². The Morgan fingerprint density at radius 2 is 2.28 bits per heavy atom. The molecule has 18 heavy (non-hydrogen) atoms. The molecule has 1 N–H and O–H groups in total. The average Bonchev–Trinajstić information content (AvgIpc) is 2.78. The van der Waals surface area contributed by atoms with Crippen LogP contribution in [0.3, 0.4) is 0 Å². The second kappa shape index (κ2) is 6.25. The van der Waals surface area contributed by atoms with Crippen LogP contribution in [0, 0.1) is 6.92 Å². The third-order valence-corrected chi connectivity index (χ3v) is 3.08. The first-order valence-corrected chi connectivity index (χ1v) is 6.82. The van der Waals surface area contributed by atoms with Crippen molar-refractivity contribution in [2.45, 2.75) is 58.7 Å². The standard InChI is InChI=1S/C14H23N3O/c1-10(2)15-9-12-7-11(3)16-14(17-12)8-13-5-4-6-18-13/h7,10,13,15H,4-6,8-9H2,1-3H3. The molecule has 1 saturated heterocycles. The highest BCUT2D eigenvalue weighted by Crippen LogP contribution is 2.15. The SMILES string of the molecule is Cc1cc(CNC(C)C)nc(CC2CCCO2)n1. The molecule has 1 aromatic rings. The molecule has 4 heteroatoms. The van der Waals surface area contributed by atoms with Crippen LogP contribution in [0.15, 0.2) is 6.07 Å². The lowest BCUT2D eigenvalue weighted by Gasteiger charge is -2.11. The van der Waals surface area contributed by atoms with Gasteiger partial charge in [-0.15, -0.1) is 0 Å². The third kappa shape index (κ3) is 4.03. The maximum Gasteiger partial charge on any atom is 0.131 e. The molecule has 1 aliphatic heterocycles. The zero-order valence-electron chi connectivity index (χ0n) is 11.6. The van der Waals surface area contributed by atoms with Gasteiger partial charge in [0.05, 0.1) is 11.8 Å². The first-order chi connectivity index (χ1) is 8.63. The van der Waals surface area contributed by atoms with Crippen LogP contribution in [0.1, 0.15) is 43.9 Å². The summed E-state index contributed by atoms with van der Waals surface area (Å²) >= 11 is 0. The topological polar surface area (TPSA) is 47.0 Å². The van der Waals surface area contributed by atoms with Gasteiger partial charge in [0.2, 0.25) is 0 Å². The maximum atomic E-state index is 5.64. The zero-order valence-corrected chi connectivity index (χ0v) is 11.6. The Hall–Kier alpha value is -1.00. The van der Waals surface area contributed by atoms with Gasteiger partial charge < -0.3 is 10.1 Å². The fraction of sp³-hybridized carbons (Fsp3) is 0.714. The minimum atomic E-state index is 0.317. The van der Waals surface area contributed by atoms with E-state index in [0.717, 1.165) is 49.6 Å². The van der Waals surface area contributed by atoms with Gasteiger partial charge in [0.25, 0.3) is 0 Å². The molecule has 2 rings (SSSR count). The molecule has 0 aliphatic carbocycles. The van der Waals surface area contributed by atoms with Crippen molar-refractivity contribution in [3.63, 3.8) is 0 Å². The van der Waals surface area contributed by atoms with E-state index < -0.39 is 0 Å². The van der Waals surface area contributed by atoms with Crippen LogP contribution in [0.2, 0.25) is 0 Å². The molecule has 1 aliphatic rings. The lowest BCUT2D eigenvalue weighted by molar-refractivity contribution is 0.110. The predicted octanol–water partition coefficient (Wildman–Crippen LogP) is 2.00. The Labute approximate surface area is 109 Å². The zero-order chi connectivity index (χ0) is 13.0. The highest BCUT2D eigenvalue weighted by atomic mass is 16.5. The lowest BCUT2D eigenvalue weighted by Crippen LogP contribution is -2.23. The summed E-state index contributed by atoms with van der Waals surface area (Å²) in [6.45, 7) is 8.00. The molecular weight excluding hydrogens is 226 g/mol. The van der Waals surface area contributed by atoms with Gasteiger partial charge in [-0.25, -0.2) is 9.97 Å². The molecule has 0 bridgehead atoms. The van der Waals surface area contributed by atoms with Crippen LogP contribution in [0.25, 0.3) is 0 Å². The second-order valence-corrected chi connectivity index (χ2v) is 5.29. The molecule has 2 heterocycles. The Balaban J connectivity index is 2.00. The Kier molecular flexibility index (Phi) is 4.66. The number of hydrogen-bond donors (Lipinski definition) is 1. The van der Waals surface area contributed by atoms with Crippen LogP contribution in [0.5, 0.6) is 0 Å². The Morgan fingerprint density at radius 3 is 2.94 bits per heavy atom. The number of nitrogens with one attached hydrogen (secondary N) is 1. The summed E-state index contributed by atoms with van der Waals surface area (Å²) in [7, 11) is 0. The Morgan fingerprint density at radius 1 is 1.44 bits per heavy atom. The van der Waals surface area contributed by atoms with E-state index >= 15 is 0 Å². The number of aromatic nitrogens is 2. The van der Waals surface area contributed by atoms with E-state index in [9.17, 15) is 0 Å². The van der Waals surface area contributed by atoms with E-state index in [-0.39, 0.29) is 0 Å². The van der Waals surface area contributed by atoms with Crippen LogP contribution >= 0.6 is 0 Å². The molecule has 0 amide bonds. The van der Waals surface area contributed by atoms with E-state index in [1.165, 1.54) is 0 Å². The van der Waals surface area contributed by atoms with Crippen molar-refractivity contribution in [3.05, 3.63) is 23.3 Å². The molecule has 4 nitrogen and oxygen atoms in total. The fourth-order valence-electron chi connectivity index (χ4n) is 2.20. The van der Waals surface area contributed by atoms with Gasteiger partial charge in [-0.2, -0.15) is 0 Å². The summed E-state index contributed by atoms with van der Waals surface area (Å²) in [4.78, 5) is 9.12. The first kappa shape index (κ1) is 13.4. The molecule has 0 aromatic carbocycles. The normalized spacial score (nSPS) is 19.7. The molecule has 1 fully saturated rings. The van der Waals surface area contributed by atoms with Crippen molar-refractivity contribution in [3.8, 4) is 0 Å². The van der Waals surface area contributed by atoms with Crippen molar-refractivity contribution >= 4 is 0 Å². The minimum Gasteiger partial charge on any atom is -0.378 e. The average molecular weight is 249 g/mol. The first-order valence-electron chi connectivity index (χ1n) is 6.82. The van der Waals surface area contributed by atoms with Crippen LogP contribution in [0.4, 0.5) is 0 Å². The number of aryl methyl sites for hydroxylation is 1. The fourth-order valence-corrected chi connectivity index (χ4v) is 2.20. The van der Waals surface area contributed by atoms with Crippen molar-refractivity contribution in [2.75, 3.05) is 6.61 Å². The highest BCUT2D eigenvalue weighted by Gasteiger charge is 2.17.